The first kappa shape index (κ1) is 30.1. The Morgan fingerprint density at radius 1 is 0.742 bits per heavy atom. The summed E-state index contributed by atoms with van der Waals surface area (Å²) in [4.78, 5) is 24.4. The molecular formula is C23H45O7P. The van der Waals surface area contributed by atoms with E-state index < -0.39 is 19.5 Å². The van der Waals surface area contributed by atoms with Crippen molar-refractivity contribution in [1.29, 1.82) is 0 Å². The standard InChI is InChI=1S/C23H45O7P/c1-5-9-11-12-13-14-17-22(24)27-19-15-16-21(23(25)28-18-10-6-2)20-31(26,29-7-3)30-8-4/h21H,5-20H2,1-4H3. The average Bonchev–Trinajstić information content (AvgIpc) is 2.73. The summed E-state index contributed by atoms with van der Waals surface area (Å²) in [6.07, 6.45) is 9.72. The maximum absolute atomic E-state index is 12.9. The zero-order chi connectivity index (χ0) is 23.4. The molecule has 184 valence electrons. The molecule has 0 N–H and O–H groups in total. The highest BCUT2D eigenvalue weighted by Gasteiger charge is 2.33. The quantitative estimate of drug-likeness (QED) is 0.112. The molecule has 0 rings (SSSR count). The van der Waals surface area contributed by atoms with Crippen LogP contribution in [0.5, 0.6) is 0 Å². The van der Waals surface area contributed by atoms with E-state index in [1.807, 2.05) is 6.92 Å². The van der Waals surface area contributed by atoms with Crippen LogP contribution in [0.4, 0.5) is 0 Å². The summed E-state index contributed by atoms with van der Waals surface area (Å²) in [6.45, 7) is 8.74. The van der Waals surface area contributed by atoms with Gasteiger partial charge in [0.05, 0.1) is 38.5 Å². The van der Waals surface area contributed by atoms with Gasteiger partial charge in [-0.05, 0) is 39.5 Å². The predicted molar refractivity (Wildman–Crippen MR) is 123 cm³/mol. The molecule has 0 aromatic rings. The number of carbonyl (C=O) groups excluding carboxylic acids is 2. The summed E-state index contributed by atoms with van der Waals surface area (Å²) < 4.78 is 34.2. The van der Waals surface area contributed by atoms with Crippen LogP contribution in [0, 0.1) is 5.92 Å². The highest BCUT2D eigenvalue weighted by atomic mass is 31.2. The Hall–Kier alpha value is -0.910. The van der Waals surface area contributed by atoms with Gasteiger partial charge in [-0.15, -0.1) is 0 Å². The Balaban J connectivity index is 4.48. The number of unbranched alkanes of at least 4 members (excludes halogenated alkanes) is 6. The van der Waals surface area contributed by atoms with Crippen LogP contribution in [0.2, 0.25) is 0 Å². The van der Waals surface area contributed by atoms with Crippen molar-refractivity contribution in [1.82, 2.24) is 0 Å². The van der Waals surface area contributed by atoms with Crippen LogP contribution in [0.25, 0.3) is 0 Å². The minimum absolute atomic E-state index is 0.0225. The van der Waals surface area contributed by atoms with Crippen LogP contribution in [0.15, 0.2) is 0 Å². The van der Waals surface area contributed by atoms with E-state index in [2.05, 4.69) is 6.92 Å². The van der Waals surface area contributed by atoms with E-state index in [-0.39, 0.29) is 32.0 Å². The van der Waals surface area contributed by atoms with Gasteiger partial charge in [0.1, 0.15) is 0 Å². The first-order valence-electron chi connectivity index (χ1n) is 12.1. The van der Waals surface area contributed by atoms with E-state index in [1.54, 1.807) is 13.8 Å². The molecule has 1 unspecified atom stereocenters. The van der Waals surface area contributed by atoms with Crippen LogP contribution in [0.3, 0.4) is 0 Å². The minimum Gasteiger partial charge on any atom is -0.466 e. The van der Waals surface area contributed by atoms with Crippen LogP contribution in [-0.2, 0) is 32.7 Å². The number of hydrogen-bond donors (Lipinski definition) is 0. The molecule has 0 saturated carbocycles. The lowest BCUT2D eigenvalue weighted by atomic mass is 10.1. The summed E-state index contributed by atoms with van der Waals surface area (Å²) in [6, 6.07) is 0. The molecule has 0 aromatic carbocycles. The highest BCUT2D eigenvalue weighted by Crippen LogP contribution is 2.50. The number of carbonyl (C=O) groups is 2. The van der Waals surface area contributed by atoms with Gasteiger partial charge in [-0.1, -0.05) is 52.4 Å². The molecule has 0 heterocycles. The first-order chi connectivity index (χ1) is 14.9. The fourth-order valence-electron chi connectivity index (χ4n) is 3.16. The van der Waals surface area contributed by atoms with E-state index in [0.29, 0.717) is 25.9 Å². The third-order valence-electron chi connectivity index (χ3n) is 4.87. The molecule has 8 heteroatoms. The molecule has 0 aliphatic carbocycles. The van der Waals surface area contributed by atoms with Gasteiger partial charge in [0.2, 0.25) is 0 Å². The Morgan fingerprint density at radius 2 is 1.32 bits per heavy atom. The second-order valence-corrected chi connectivity index (χ2v) is 9.83. The van der Waals surface area contributed by atoms with E-state index in [0.717, 1.165) is 32.1 Å². The lowest BCUT2D eigenvalue weighted by molar-refractivity contribution is -0.148. The molecule has 0 saturated heterocycles. The van der Waals surface area contributed by atoms with Crippen molar-refractivity contribution in [3.63, 3.8) is 0 Å². The molecule has 0 fully saturated rings. The lowest BCUT2D eigenvalue weighted by Crippen LogP contribution is -2.24. The topological polar surface area (TPSA) is 88.1 Å². The molecule has 0 spiro atoms. The summed E-state index contributed by atoms with van der Waals surface area (Å²) in [5, 5.41) is 0. The Bertz CT molecular complexity index is 500. The van der Waals surface area contributed by atoms with E-state index in [4.69, 9.17) is 18.5 Å². The largest absolute Gasteiger partial charge is 0.466 e. The van der Waals surface area contributed by atoms with Crippen molar-refractivity contribution in [2.75, 3.05) is 32.6 Å². The van der Waals surface area contributed by atoms with Gasteiger partial charge >= 0.3 is 19.5 Å². The Kier molecular flexibility index (Phi) is 19.2. The van der Waals surface area contributed by atoms with Crippen molar-refractivity contribution in [2.45, 2.75) is 98.3 Å². The summed E-state index contributed by atoms with van der Waals surface area (Å²) in [5.74, 6) is -1.21. The number of hydrogen-bond acceptors (Lipinski definition) is 7. The number of ether oxygens (including phenoxy) is 2. The predicted octanol–water partition coefficient (Wildman–Crippen LogP) is 6.29. The van der Waals surface area contributed by atoms with Crippen molar-refractivity contribution in [3.05, 3.63) is 0 Å². The van der Waals surface area contributed by atoms with Gasteiger partial charge in [-0.3, -0.25) is 14.2 Å². The fourth-order valence-corrected chi connectivity index (χ4v) is 5.11. The van der Waals surface area contributed by atoms with E-state index >= 15 is 0 Å². The first-order valence-corrected chi connectivity index (χ1v) is 13.9. The van der Waals surface area contributed by atoms with Crippen molar-refractivity contribution >= 4 is 19.5 Å². The normalized spacial score (nSPS) is 12.5. The minimum atomic E-state index is -3.37. The van der Waals surface area contributed by atoms with Crippen LogP contribution in [0.1, 0.15) is 98.3 Å². The molecule has 0 aliphatic heterocycles. The third kappa shape index (κ3) is 16.4. The molecule has 0 aromatic heterocycles. The summed E-state index contributed by atoms with van der Waals surface area (Å²) >= 11 is 0. The van der Waals surface area contributed by atoms with Gasteiger partial charge in [0, 0.05) is 6.42 Å². The molecule has 0 amide bonds. The second kappa shape index (κ2) is 19.8. The van der Waals surface area contributed by atoms with E-state index in [1.165, 1.54) is 19.3 Å². The number of rotatable bonds is 21. The van der Waals surface area contributed by atoms with Gasteiger partial charge in [0.15, 0.2) is 0 Å². The van der Waals surface area contributed by atoms with Crippen LogP contribution in [-0.4, -0.2) is 44.5 Å². The van der Waals surface area contributed by atoms with Gasteiger partial charge in [-0.2, -0.15) is 0 Å². The maximum atomic E-state index is 12.9. The molecule has 0 aliphatic rings. The van der Waals surface area contributed by atoms with Crippen molar-refractivity contribution in [3.8, 4) is 0 Å². The van der Waals surface area contributed by atoms with E-state index in [9.17, 15) is 14.2 Å². The van der Waals surface area contributed by atoms with Crippen molar-refractivity contribution in [2.24, 2.45) is 5.92 Å². The molecular weight excluding hydrogens is 419 g/mol. The zero-order valence-electron chi connectivity index (χ0n) is 20.2. The number of esters is 2. The molecule has 0 radical (unpaired) electrons. The van der Waals surface area contributed by atoms with Crippen LogP contribution >= 0.6 is 7.60 Å². The maximum Gasteiger partial charge on any atom is 0.331 e. The zero-order valence-corrected chi connectivity index (χ0v) is 21.1. The van der Waals surface area contributed by atoms with Crippen molar-refractivity contribution < 1.29 is 32.7 Å². The SMILES string of the molecule is CCCCCCCCC(=O)OCCCC(CP(=O)(OCC)OCC)C(=O)OCCCC. The molecule has 31 heavy (non-hydrogen) atoms. The average molecular weight is 465 g/mol. The monoisotopic (exact) mass is 464 g/mol. The Labute approximate surface area is 189 Å². The van der Waals surface area contributed by atoms with Gasteiger partial charge in [0.25, 0.3) is 0 Å². The molecule has 7 nitrogen and oxygen atoms in total. The lowest BCUT2D eigenvalue weighted by Gasteiger charge is -2.22. The Morgan fingerprint density at radius 3 is 1.94 bits per heavy atom. The summed E-state index contributed by atoms with van der Waals surface area (Å²) in [7, 11) is -3.37. The smallest absolute Gasteiger partial charge is 0.331 e. The van der Waals surface area contributed by atoms with Gasteiger partial charge in [-0.25, -0.2) is 0 Å². The third-order valence-corrected chi connectivity index (χ3v) is 7.06. The molecule has 0 bridgehead atoms. The highest BCUT2D eigenvalue weighted by molar-refractivity contribution is 7.53. The van der Waals surface area contributed by atoms with Crippen LogP contribution < -0.4 is 0 Å². The fraction of sp³-hybridized carbons (Fsp3) is 0.913. The molecule has 1 atom stereocenters. The second-order valence-electron chi connectivity index (χ2n) is 7.73. The summed E-state index contributed by atoms with van der Waals surface area (Å²) in [5.41, 5.74) is 0. The van der Waals surface area contributed by atoms with Gasteiger partial charge < -0.3 is 18.5 Å².